The number of anilines is 1. The molecule has 0 aliphatic rings. The van der Waals surface area contributed by atoms with Crippen molar-refractivity contribution in [2.45, 2.75) is 11.1 Å². The minimum Gasteiger partial charge on any atom is -0.477 e. The summed E-state index contributed by atoms with van der Waals surface area (Å²) >= 11 is 6.61. The number of aromatic carboxylic acids is 1. The van der Waals surface area contributed by atoms with Gasteiger partial charge in [-0.05, 0) is 36.8 Å². The Labute approximate surface area is 124 Å². The Hall–Kier alpha value is -1.57. The highest BCUT2D eigenvalue weighted by atomic mass is 35.5. The molecule has 1 aromatic carbocycles. The van der Waals surface area contributed by atoms with E-state index in [9.17, 15) is 13.2 Å². The van der Waals surface area contributed by atoms with E-state index in [-0.39, 0.29) is 19.8 Å². The molecule has 0 bridgehead atoms. The lowest BCUT2D eigenvalue weighted by molar-refractivity contribution is 0.0702. The quantitative estimate of drug-likeness (QED) is 0.901. The predicted molar refractivity (Wildman–Crippen MR) is 78.3 cm³/mol. The molecule has 0 radical (unpaired) electrons. The first-order chi connectivity index (χ1) is 9.29. The molecule has 106 valence electrons. The van der Waals surface area contributed by atoms with Crippen LogP contribution in [0.4, 0.5) is 5.69 Å². The maximum absolute atomic E-state index is 12.1. The smallest absolute Gasteiger partial charge is 0.345 e. The lowest BCUT2D eigenvalue weighted by atomic mass is 10.2. The number of halogens is 1. The summed E-state index contributed by atoms with van der Waals surface area (Å²) < 4.78 is 26.6. The van der Waals surface area contributed by atoms with E-state index in [0.29, 0.717) is 11.3 Å². The first kappa shape index (κ1) is 14.8. The van der Waals surface area contributed by atoms with E-state index < -0.39 is 16.0 Å². The molecule has 2 rings (SSSR count). The third kappa shape index (κ3) is 3.12. The third-order valence-corrected chi connectivity index (χ3v) is 5.68. The van der Waals surface area contributed by atoms with Crippen LogP contribution >= 0.6 is 22.9 Å². The van der Waals surface area contributed by atoms with E-state index in [4.69, 9.17) is 16.7 Å². The van der Waals surface area contributed by atoms with E-state index in [0.717, 1.165) is 5.56 Å². The third-order valence-electron chi connectivity index (χ3n) is 2.42. The molecule has 5 nitrogen and oxygen atoms in total. The summed E-state index contributed by atoms with van der Waals surface area (Å²) in [5.41, 5.74) is 1.11. The van der Waals surface area contributed by atoms with Crippen LogP contribution in [0.1, 0.15) is 15.2 Å². The van der Waals surface area contributed by atoms with Gasteiger partial charge in [0.15, 0.2) is 0 Å². The summed E-state index contributed by atoms with van der Waals surface area (Å²) in [5.74, 6) is -1.16. The molecule has 1 heterocycles. The van der Waals surface area contributed by atoms with E-state index in [2.05, 4.69) is 4.72 Å². The Kier molecular flexibility index (Phi) is 4.03. The van der Waals surface area contributed by atoms with Gasteiger partial charge in [0, 0.05) is 0 Å². The van der Waals surface area contributed by atoms with Gasteiger partial charge >= 0.3 is 5.97 Å². The number of carboxylic acids is 1. The molecule has 0 saturated heterocycles. The van der Waals surface area contributed by atoms with Crippen molar-refractivity contribution in [3.8, 4) is 0 Å². The van der Waals surface area contributed by atoms with Crippen LogP contribution in [0.15, 0.2) is 34.5 Å². The van der Waals surface area contributed by atoms with Crippen LogP contribution in [-0.4, -0.2) is 19.5 Å². The Morgan fingerprint density at radius 2 is 2.00 bits per heavy atom. The number of carbonyl (C=O) groups is 1. The highest BCUT2D eigenvalue weighted by molar-refractivity contribution is 7.94. The highest BCUT2D eigenvalue weighted by Crippen LogP contribution is 2.28. The molecule has 0 aliphatic carbocycles. The molecule has 0 atom stereocenters. The molecule has 20 heavy (non-hydrogen) atoms. The van der Waals surface area contributed by atoms with Crippen molar-refractivity contribution in [3.63, 3.8) is 0 Å². The van der Waals surface area contributed by atoms with Gasteiger partial charge in [0.1, 0.15) is 9.09 Å². The Morgan fingerprint density at radius 1 is 1.30 bits per heavy atom. The zero-order valence-electron chi connectivity index (χ0n) is 10.3. The van der Waals surface area contributed by atoms with Gasteiger partial charge in [-0.3, -0.25) is 4.72 Å². The molecule has 0 spiro atoms. The van der Waals surface area contributed by atoms with Gasteiger partial charge in [-0.15, -0.1) is 11.3 Å². The number of sulfonamides is 1. The highest BCUT2D eigenvalue weighted by Gasteiger charge is 2.20. The summed E-state index contributed by atoms with van der Waals surface area (Å²) in [6.07, 6.45) is 0. The summed E-state index contributed by atoms with van der Waals surface area (Å²) in [4.78, 5) is 10.7. The normalized spacial score (nSPS) is 11.3. The largest absolute Gasteiger partial charge is 0.477 e. The number of carboxylic acid groups (broad SMARTS) is 1. The molecule has 1 aromatic heterocycles. The van der Waals surface area contributed by atoms with Gasteiger partial charge in [-0.1, -0.05) is 17.7 Å². The Bertz CT molecular complexity index is 768. The number of thiophene rings is 1. The van der Waals surface area contributed by atoms with Gasteiger partial charge in [0.2, 0.25) is 0 Å². The van der Waals surface area contributed by atoms with Crippen molar-refractivity contribution in [1.82, 2.24) is 0 Å². The lowest BCUT2D eigenvalue weighted by Gasteiger charge is -2.08. The molecule has 0 saturated carbocycles. The van der Waals surface area contributed by atoms with Crippen molar-refractivity contribution >= 4 is 44.6 Å². The van der Waals surface area contributed by atoms with Crippen LogP contribution in [-0.2, 0) is 10.0 Å². The number of rotatable bonds is 4. The minimum atomic E-state index is -3.84. The number of aryl methyl sites for hydroxylation is 1. The zero-order valence-corrected chi connectivity index (χ0v) is 12.6. The van der Waals surface area contributed by atoms with Crippen molar-refractivity contribution in [3.05, 3.63) is 45.8 Å². The molecule has 2 N–H and O–H groups in total. The average molecular weight is 332 g/mol. The second-order valence-corrected chi connectivity index (χ2v) is 7.41. The molecule has 2 aromatic rings. The number of nitrogens with one attached hydrogen (secondary N) is 1. The van der Waals surface area contributed by atoms with Crippen molar-refractivity contribution in [2.75, 3.05) is 4.72 Å². The van der Waals surface area contributed by atoms with E-state index in [1.807, 2.05) is 6.92 Å². The average Bonchev–Trinajstić information content (AvgIpc) is 2.84. The minimum absolute atomic E-state index is 0.0410. The fraction of sp³-hybridized carbons (Fsp3) is 0.0833. The molecule has 8 heteroatoms. The van der Waals surface area contributed by atoms with Gasteiger partial charge in [-0.25, -0.2) is 13.2 Å². The maximum atomic E-state index is 12.1. The van der Waals surface area contributed by atoms with E-state index >= 15 is 0 Å². The summed E-state index contributed by atoms with van der Waals surface area (Å²) in [6.45, 7) is 1.81. The first-order valence-electron chi connectivity index (χ1n) is 5.42. The van der Waals surface area contributed by atoms with E-state index in [1.54, 1.807) is 18.2 Å². The van der Waals surface area contributed by atoms with Gasteiger partial charge in [0.25, 0.3) is 10.0 Å². The van der Waals surface area contributed by atoms with Crippen molar-refractivity contribution in [2.24, 2.45) is 0 Å². The number of hydrogen-bond donors (Lipinski definition) is 2. The summed E-state index contributed by atoms with van der Waals surface area (Å²) in [7, 11) is -3.84. The lowest BCUT2D eigenvalue weighted by Crippen LogP contribution is -2.11. The van der Waals surface area contributed by atoms with Crippen LogP contribution in [0.25, 0.3) is 0 Å². The van der Waals surface area contributed by atoms with Crippen LogP contribution < -0.4 is 4.72 Å². The number of hydrogen-bond acceptors (Lipinski definition) is 4. The first-order valence-corrected chi connectivity index (χ1v) is 8.09. The second kappa shape index (κ2) is 5.43. The fourth-order valence-electron chi connectivity index (χ4n) is 1.49. The monoisotopic (exact) mass is 331 g/mol. The molecule has 0 aliphatic heterocycles. The molecule has 0 unspecified atom stereocenters. The fourth-order valence-corrected chi connectivity index (χ4v) is 3.93. The van der Waals surface area contributed by atoms with Crippen LogP contribution in [0.5, 0.6) is 0 Å². The SMILES string of the molecule is Cc1ccc(Cl)c(NS(=O)(=O)c2ccc(C(=O)O)s2)c1. The van der Waals surface area contributed by atoms with Crippen molar-refractivity contribution < 1.29 is 18.3 Å². The van der Waals surface area contributed by atoms with Gasteiger partial charge in [0.05, 0.1) is 10.7 Å². The predicted octanol–water partition coefficient (Wildman–Crippen LogP) is 3.21. The molecular weight excluding hydrogens is 322 g/mol. The van der Waals surface area contributed by atoms with Crippen LogP contribution in [0, 0.1) is 6.92 Å². The Morgan fingerprint density at radius 3 is 2.60 bits per heavy atom. The molecular formula is C12H10ClNO4S2. The maximum Gasteiger partial charge on any atom is 0.345 e. The van der Waals surface area contributed by atoms with Gasteiger partial charge < -0.3 is 5.11 Å². The Balaban J connectivity index is 2.35. The van der Waals surface area contributed by atoms with Crippen LogP contribution in [0.3, 0.4) is 0 Å². The number of benzene rings is 1. The van der Waals surface area contributed by atoms with Gasteiger partial charge in [-0.2, -0.15) is 0 Å². The zero-order chi connectivity index (χ0) is 14.9. The van der Waals surface area contributed by atoms with Crippen molar-refractivity contribution in [1.29, 1.82) is 0 Å². The van der Waals surface area contributed by atoms with Crippen LogP contribution in [0.2, 0.25) is 5.02 Å². The molecule has 0 fully saturated rings. The topological polar surface area (TPSA) is 83.5 Å². The summed E-state index contributed by atoms with van der Waals surface area (Å²) in [6, 6.07) is 7.45. The second-order valence-electron chi connectivity index (χ2n) is 4.01. The summed E-state index contributed by atoms with van der Waals surface area (Å²) in [5, 5.41) is 9.08. The van der Waals surface area contributed by atoms with E-state index in [1.165, 1.54) is 12.1 Å². The molecule has 0 amide bonds. The standard InChI is InChI=1S/C12H10ClNO4S2/c1-7-2-3-8(13)9(6-7)14-20(17,18)11-5-4-10(19-11)12(15)16/h2-6,14H,1H3,(H,15,16).